The van der Waals surface area contributed by atoms with Crippen LogP contribution in [-0.2, 0) is 16.5 Å². The average Bonchev–Trinajstić information content (AvgIpc) is 2.75. The number of benzene rings is 4. The van der Waals surface area contributed by atoms with Gasteiger partial charge in [-0.25, -0.2) is 8.42 Å². The van der Waals surface area contributed by atoms with Crippen molar-refractivity contribution in [3.63, 3.8) is 0 Å². The van der Waals surface area contributed by atoms with Crippen molar-refractivity contribution in [2.45, 2.75) is 11.3 Å². The number of azo groups is 1. The van der Waals surface area contributed by atoms with E-state index in [0.29, 0.717) is 17.5 Å². The molecule has 0 spiro atoms. The predicted molar refractivity (Wildman–Crippen MR) is 118 cm³/mol. The van der Waals surface area contributed by atoms with Crippen LogP contribution in [0.25, 0.3) is 10.8 Å². The van der Waals surface area contributed by atoms with Gasteiger partial charge in [0.05, 0.1) is 16.3 Å². The smallest absolute Gasteiger partial charge is 0.744 e. The molecular weight excluding hydrogens is 437 g/mol. The molecule has 0 radical (unpaired) electrons. The Kier molecular flexibility index (Phi) is 7.33. The number of nitrogen functional groups attached to an aromatic ring is 1. The summed E-state index contributed by atoms with van der Waals surface area (Å²) in [4.78, 5) is -0.379. The number of rotatable bonds is 5. The minimum Gasteiger partial charge on any atom is -0.744 e. The van der Waals surface area contributed by atoms with Crippen LogP contribution >= 0.6 is 0 Å². The molecular formula is C23H18N3NaO4S. The SMILES string of the molecule is Nc1c(N=Nc2ccc(Cc3ccc(O)cc3)cc2)cc(S(=O)(=O)[O-])c2ccccc12.[Na+]. The van der Waals surface area contributed by atoms with E-state index in [9.17, 15) is 18.1 Å². The van der Waals surface area contributed by atoms with E-state index in [4.69, 9.17) is 5.73 Å². The van der Waals surface area contributed by atoms with Gasteiger partial charge < -0.3 is 15.4 Å². The number of nitrogens with zero attached hydrogens (tertiary/aromatic N) is 2. The maximum atomic E-state index is 11.7. The van der Waals surface area contributed by atoms with E-state index in [1.54, 1.807) is 42.5 Å². The topological polar surface area (TPSA) is 128 Å². The van der Waals surface area contributed by atoms with Gasteiger partial charge in [-0.3, -0.25) is 0 Å². The molecule has 32 heavy (non-hydrogen) atoms. The Hall–Kier alpha value is -2.75. The summed E-state index contributed by atoms with van der Waals surface area (Å²) in [7, 11) is -4.71. The summed E-state index contributed by atoms with van der Waals surface area (Å²) in [5, 5.41) is 18.3. The summed E-state index contributed by atoms with van der Waals surface area (Å²) < 4.78 is 35.1. The standard InChI is InChI=1S/C23H19N3O4S.Na/c24-23-20-4-2-1-3-19(20)22(31(28,29)30)14-21(23)26-25-17-9-5-15(6-10-17)13-16-7-11-18(27)12-8-16;/h1-12,14,27H,13,24H2,(H,28,29,30);/q;+1/p-1. The van der Waals surface area contributed by atoms with Crippen molar-refractivity contribution in [1.82, 2.24) is 0 Å². The van der Waals surface area contributed by atoms with E-state index in [2.05, 4.69) is 10.2 Å². The molecule has 0 aliphatic heterocycles. The summed E-state index contributed by atoms with van der Waals surface area (Å²) in [6.07, 6.45) is 0.694. The first-order valence-electron chi connectivity index (χ1n) is 9.37. The number of hydrogen-bond donors (Lipinski definition) is 2. The van der Waals surface area contributed by atoms with E-state index in [0.717, 1.165) is 17.2 Å². The van der Waals surface area contributed by atoms with Crippen LogP contribution < -0.4 is 35.3 Å². The van der Waals surface area contributed by atoms with Gasteiger partial charge >= 0.3 is 29.6 Å². The predicted octanol–water partition coefficient (Wildman–Crippen LogP) is 2.04. The summed E-state index contributed by atoms with van der Waals surface area (Å²) in [5.41, 5.74) is 9.16. The Morgan fingerprint density at radius 3 is 2.00 bits per heavy atom. The zero-order valence-corrected chi connectivity index (χ0v) is 20.1. The molecule has 0 aliphatic carbocycles. The van der Waals surface area contributed by atoms with Gasteiger partial charge in [-0.1, -0.05) is 48.5 Å². The van der Waals surface area contributed by atoms with Crippen LogP contribution in [0, 0.1) is 0 Å². The van der Waals surface area contributed by atoms with Gasteiger partial charge in [0.25, 0.3) is 0 Å². The molecule has 0 heterocycles. The molecule has 0 saturated carbocycles. The Balaban J connectivity index is 0.00000289. The molecule has 4 rings (SSSR count). The Labute approximate surface area is 207 Å². The molecule has 0 aromatic heterocycles. The third-order valence-electron chi connectivity index (χ3n) is 4.85. The monoisotopic (exact) mass is 455 g/mol. The Morgan fingerprint density at radius 2 is 1.41 bits per heavy atom. The Morgan fingerprint density at radius 1 is 0.844 bits per heavy atom. The van der Waals surface area contributed by atoms with E-state index in [1.165, 1.54) is 6.07 Å². The number of aromatic hydroxyl groups is 1. The molecule has 0 saturated heterocycles. The second-order valence-electron chi connectivity index (χ2n) is 7.02. The minimum absolute atomic E-state index is 0. The van der Waals surface area contributed by atoms with Crippen LogP contribution in [0.3, 0.4) is 0 Å². The largest absolute Gasteiger partial charge is 1.00 e. The molecule has 0 amide bonds. The quantitative estimate of drug-likeness (QED) is 0.206. The Bertz CT molecular complexity index is 1390. The minimum atomic E-state index is -4.71. The van der Waals surface area contributed by atoms with Gasteiger partial charge in [0.1, 0.15) is 21.6 Å². The number of fused-ring (bicyclic) bond motifs is 1. The maximum Gasteiger partial charge on any atom is 1.00 e. The van der Waals surface area contributed by atoms with Crippen LogP contribution in [0.2, 0.25) is 0 Å². The van der Waals surface area contributed by atoms with Crippen molar-refractivity contribution >= 4 is 38.0 Å². The molecule has 3 N–H and O–H groups in total. The van der Waals surface area contributed by atoms with Crippen molar-refractivity contribution in [2.75, 3.05) is 5.73 Å². The van der Waals surface area contributed by atoms with Crippen LogP contribution in [0.15, 0.2) is 94.0 Å². The second kappa shape index (κ2) is 9.81. The number of phenolic OH excluding ortho intramolecular Hbond substituents is 1. The van der Waals surface area contributed by atoms with Crippen LogP contribution in [0.5, 0.6) is 5.75 Å². The number of hydrogen-bond acceptors (Lipinski definition) is 7. The molecule has 4 aromatic carbocycles. The van der Waals surface area contributed by atoms with Gasteiger partial charge in [0, 0.05) is 10.8 Å². The van der Waals surface area contributed by atoms with Gasteiger partial charge in [0.15, 0.2) is 0 Å². The van der Waals surface area contributed by atoms with Crippen molar-refractivity contribution in [3.05, 3.63) is 90.0 Å². The summed E-state index contributed by atoms with van der Waals surface area (Å²) >= 11 is 0. The molecule has 7 nitrogen and oxygen atoms in total. The fraction of sp³-hybridized carbons (Fsp3) is 0.0435. The first-order valence-corrected chi connectivity index (χ1v) is 10.8. The zero-order valence-electron chi connectivity index (χ0n) is 17.3. The van der Waals surface area contributed by atoms with Crippen molar-refractivity contribution < 1.29 is 47.6 Å². The zero-order chi connectivity index (χ0) is 22.0. The van der Waals surface area contributed by atoms with Gasteiger partial charge in [-0.15, -0.1) is 5.11 Å². The molecule has 156 valence electrons. The maximum absolute atomic E-state index is 11.7. The molecule has 0 fully saturated rings. The first-order chi connectivity index (χ1) is 14.8. The fourth-order valence-electron chi connectivity index (χ4n) is 3.28. The summed E-state index contributed by atoms with van der Waals surface area (Å²) in [6.45, 7) is 0. The summed E-state index contributed by atoms with van der Waals surface area (Å²) in [5.74, 6) is 0.223. The van der Waals surface area contributed by atoms with Crippen molar-refractivity contribution in [2.24, 2.45) is 10.2 Å². The molecule has 4 aromatic rings. The number of anilines is 1. The van der Waals surface area contributed by atoms with Crippen LogP contribution in [0.4, 0.5) is 17.1 Å². The number of phenols is 1. The van der Waals surface area contributed by atoms with E-state index < -0.39 is 10.1 Å². The van der Waals surface area contributed by atoms with Crippen LogP contribution in [0.1, 0.15) is 11.1 Å². The molecule has 0 aliphatic rings. The number of nitrogens with two attached hydrogens (primary N) is 1. The van der Waals surface area contributed by atoms with Crippen LogP contribution in [-0.4, -0.2) is 18.1 Å². The third kappa shape index (κ3) is 5.35. The molecule has 0 atom stereocenters. The first kappa shape index (κ1) is 23.9. The third-order valence-corrected chi connectivity index (χ3v) is 5.73. The normalized spacial score (nSPS) is 11.5. The fourth-order valence-corrected chi connectivity index (χ4v) is 3.98. The van der Waals surface area contributed by atoms with Crippen molar-refractivity contribution in [1.29, 1.82) is 0 Å². The van der Waals surface area contributed by atoms with E-state index in [1.807, 2.05) is 24.3 Å². The molecule has 0 unspecified atom stereocenters. The average molecular weight is 455 g/mol. The second-order valence-corrected chi connectivity index (χ2v) is 8.36. The van der Waals surface area contributed by atoms with E-state index >= 15 is 0 Å². The molecule has 0 bridgehead atoms. The van der Waals surface area contributed by atoms with Gasteiger partial charge in [-0.05, 0) is 47.9 Å². The van der Waals surface area contributed by atoms with E-state index in [-0.39, 0.29) is 57.0 Å². The van der Waals surface area contributed by atoms with Crippen molar-refractivity contribution in [3.8, 4) is 5.75 Å². The summed E-state index contributed by atoms with van der Waals surface area (Å²) in [6, 6.07) is 22.0. The molecule has 9 heteroatoms. The van der Waals surface area contributed by atoms with Gasteiger partial charge in [0.2, 0.25) is 0 Å². The van der Waals surface area contributed by atoms with Gasteiger partial charge in [-0.2, -0.15) is 5.11 Å².